The van der Waals surface area contributed by atoms with E-state index in [1.54, 1.807) is 0 Å². The minimum atomic E-state index is -1.86. The molecule has 0 fully saturated rings. The van der Waals surface area contributed by atoms with Crippen LogP contribution in [-0.4, -0.2) is 62.8 Å². The molecule has 0 aromatic carbocycles. The van der Waals surface area contributed by atoms with Crippen LogP contribution < -0.4 is 0 Å². The van der Waals surface area contributed by atoms with Gasteiger partial charge in [0.05, 0.1) is 6.61 Å². The quantitative estimate of drug-likeness (QED) is 0.365. The number of ketones is 1. The first-order valence-electron chi connectivity index (χ1n) is 3.33. The molecule has 0 spiro atoms. The minimum Gasteiger partial charge on any atom is -0.394 e. The van der Waals surface area contributed by atoms with E-state index in [0.29, 0.717) is 0 Å². The van der Waals surface area contributed by atoms with Crippen LogP contribution >= 0.6 is 17.0 Å². The van der Waals surface area contributed by atoms with Gasteiger partial charge < -0.3 is 25.5 Å². The molecule has 0 aliphatic heterocycles. The second-order valence-electron chi connectivity index (χ2n) is 2.31. The van der Waals surface area contributed by atoms with Gasteiger partial charge in [-0.25, -0.2) is 0 Å². The van der Waals surface area contributed by atoms with Crippen molar-refractivity contribution in [1.82, 2.24) is 0 Å². The molecule has 0 aliphatic carbocycles. The summed E-state index contributed by atoms with van der Waals surface area (Å²) in [6.07, 6.45) is -5.22. The van der Waals surface area contributed by atoms with E-state index in [1.807, 2.05) is 0 Å². The van der Waals surface area contributed by atoms with Crippen molar-refractivity contribution in [2.75, 3.05) is 13.2 Å². The first kappa shape index (κ1) is 15.4. The number of carbonyl (C=O) groups is 1. The summed E-state index contributed by atoms with van der Waals surface area (Å²) in [5.74, 6) is -1.00. The summed E-state index contributed by atoms with van der Waals surface area (Å²) in [5.41, 5.74) is 0. The van der Waals surface area contributed by atoms with Gasteiger partial charge in [0.15, 0.2) is 5.78 Å². The topological polar surface area (TPSA) is 118 Å². The molecule has 3 atom stereocenters. The van der Waals surface area contributed by atoms with E-state index in [4.69, 9.17) is 25.5 Å². The van der Waals surface area contributed by atoms with Crippen molar-refractivity contribution in [3.63, 3.8) is 0 Å². The molecule has 0 rings (SSSR count). The fourth-order valence-corrected chi connectivity index (χ4v) is 0.602. The first-order chi connectivity index (χ1) is 5.54. The van der Waals surface area contributed by atoms with Crippen molar-refractivity contribution >= 4 is 22.8 Å². The van der Waals surface area contributed by atoms with Crippen LogP contribution in [0.15, 0.2) is 0 Å². The largest absolute Gasteiger partial charge is 0.394 e. The molecule has 0 amide bonds. The maximum Gasteiger partial charge on any atom is 0.189 e. The number of Topliss-reactive ketones (excluding diaryl/α,β-unsaturated/α-hetero) is 1. The standard InChI is InChI=1S/C6H12O6.BrH/c7-1-3(9)5(11)6(12)4(10)2-8;/h3,5-9,11-12H,1-2H2;1H/t3-,5-,6-;/m1./s1. The highest BCUT2D eigenvalue weighted by Crippen LogP contribution is 2.00. The fraction of sp³-hybridized carbons (Fsp3) is 0.833. The molecule has 0 aliphatic rings. The fourth-order valence-electron chi connectivity index (χ4n) is 0.602. The molecule has 0 bridgehead atoms. The Bertz CT molecular complexity index is 152. The third-order valence-corrected chi connectivity index (χ3v) is 1.39. The number of hydrogen-bond acceptors (Lipinski definition) is 6. The van der Waals surface area contributed by atoms with Crippen LogP contribution in [0.2, 0.25) is 0 Å². The number of hydrogen-bond donors (Lipinski definition) is 5. The monoisotopic (exact) mass is 260 g/mol. The van der Waals surface area contributed by atoms with Crippen LogP contribution in [0, 0.1) is 0 Å². The predicted octanol–water partition coefficient (Wildman–Crippen LogP) is -2.80. The second kappa shape index (κ2) is 7.36. The normalized spacial score (nSPS) is 17.0. The molecule has 0 heterocycles. The molecule has 0 aromatic heterocycles. The molecular weight excluding hydrogens is 248 g/mol. The van der Waals surface area contributed by atoms with Crippen molar-refractivity contribution in [2.24, 2.45) is 0 Å². The molecule has 7 heteroatoms. The molecule has 6 nitrogen and oxygen atoms in total. The average molecular weight is 261 g/mol. The van der Waals surface area contributed by atoms with Gasteiger partial charge in [-0.05, 0) is 0 Å². The van der Waals surface area contributed by atoms with E-state index in [1.165, 1.54) is 0 Å². The Balaban J connectivity index is 0. The van der Waals surface area contributed by atoms with Crippen LogP contribution in [0.25, 0.3) is 0 Å². The summed E-state index contributed by atoms with van der Waals surface area (Å²) in [7, 11) is 0. The minimum absolute atomic E-state index is 0. The lowest BCUT2D eigenvalue weighted by molar-refractivity contribution is -0.142. The molecular formula is C6H13BrO6. The maximum atomic E-state index is 10.5. The summed E-state index contributed by atoms with van der Waals surface area (Å²) in [5, 5.41) is 43.1. The molecule has 0 aromatic rings. The Hall–Kier alpha value is -0.0500. The van der Waals surface area contributed by atoms with Crippen molar-refractivity contribution in [1.29, 1.82) is 0 Å². The smallest absolute Gasteiger partial charge is 0.189 e. The van der Waals surface area contributed by atoms with Crippen LogP contribution in [-0.2, 0) is 4.79 Å². The molecule has 0 radical (unpaired) electrons. The van der Waals surface area contributed by atoms with Gasteiger partial charge in [0.2, 0.25) is 0 Å². The van der Waals surface area contributed by atoms with Gasteiger partial charge in [0.25, 0.3) is 0 Å². The molecule has 80 valence electrons. The van der Waals surface area contributed by atoms with Crippen LogP contribution in [0.3, 0.4) is 0 Å². The summed E-state index contributed by atoms with van der Waals surface area (Å²) in [6, 6.07) is 0. The number of carbonyl (C=O) groups excluding carboxylic acids is 1. The van der Waals surface area contributed by atoms with Crippen LogP contribution in [0.5, 0.6) is 0 Å². The zero-order chi connectivity index (χ0) is 9.72. The van der Waals surface area contributed by atoms with E-state index in [-0.39, 0.29) is 17.0 Å². The van der Waals surface area contributed by atoms with E-state index in [2.05, 4.69) is 0 Å². The van der Waals surface area contributed by atoms with E-state index < -0.39 is 37.3 Å². The lowest BCUT2D eigenvalue weighted by atomic mass is 10.1. The number of halogens is 1. The van der Waals surface area contributed by atoms with Crippen LogP contribution in [0.4, 0.5) is 0 Å². The third-order valence-electron chi connectivity index (χ3n) is 1.39. The SMILES string of the molecule is Br.O=C(CO)[C@@H](O)[C@H](O)[C@H](O)CO. The Morgan fingerprint density at radius 3 is 1.92 bits per heavy atom. The van der Waals surface area contributed by atoms with Gasteiger partial charge in [-0.2, -0.15) is 0 Å². The first-order valence-corrected chi connectivity index (χ1v) is 3.33. The van der Waals surface area contributed by atoms with Gasteiger partial charge in [-0.3, -0.25) is 4.79 Å². The molecule has 0 saturated heterocycles. The zero-order valence-corrected chi connectivity index (χ0v) is 8.41. The van der Waals surface area contributed by atoms with Gasteiger partial charge in [-0.15, -0.1) is 17.0 Å². The Morgan fingerprint density at radius 2 is 1.62 bits per heavy atom. The van der Waals surface area contributed by atoms with Crippen molar-refractivity contribution in [3.05, 3.63) is 0 Å². The Morgan fingerprint density at radius 1 is 1.15 bits per heavy atom. The van der Waals surface area contributed by atoms with Crippen molar-refractivity contribution < 1.29 is 30.3 Å². The molecule has 13 heavy (non-hydrogen) atoms. The van der Waals surface area contributed by atoms with Gasteiger partial charge >= 0.3 is 0 Å². The lowest BCUT2D eigenvalue weighted by Gasteiger charge is -2.19. The lowest BCUT2D eigenvalue weighted by Crippen LogP contribution is -2.44. The van der Waals surface area contributed by atoms with Gasteiger partial charge in [0.1, 0.15) is 24.9 Å². The summed E-state index contributed by atoms with van der Waals surface area (Å²) in [6.45, 7) is -1.69. The second-order valence-corrected chi connectivity index (χ2v) is 2.31. The molecule has 0 unspecified atom stereocenters. The van der Waals surface area contributed by atoms with Crippen molar-refractivity contribution in [3.8, 4) is 0 Å². The van der Waals surface area contributed by atoms with E-state index in [0.717, 1.165) is 0 Å². The van der Waals surface area contributed by atoms with Crippen molar-refractivity contribution in [2.45, 2.75) is 18.3 Å². The Labute approximate surface area is 85.2 Å². The highest BCUT2D eigenvalue weighted by atomic mass is 79.9. The van der Waals surface area contributed by atoms with E-state index >= 15 is 0 Å². The van der Waals surface area contributed by atoms with Gasteiger partial charge in [-0.1, -0.05) is 0 Å². The Kier molecular flexibility index (Phi) is 8.74. The maximum absolute atomic E-state index is 10.5. The number of rotatable bonds is 5. The number of aliphatic hydroxyl groups excluding tert-OH is 5. The summed E-state index contributed by atoms with van der Waals surface area (Å²) >= 11 is 0. The van der Waals surface area contributed by atoms with E-state index in [9.17, 15) is 4.79 Å². The molecule has 5 N–H and O–H groups in total. The average Bonchev–Trinajstić information content (AvgIpc) is 2.12. The summed E-state index contributed by atoms with van der Waals surface area (Å²) < 4.78 is 0. The summed E-state index contributed by atoms with van der Waals surface area (Å²) in [4.78, 5) is 10.5. The third kappa shape index (κ3) is 4.65. The van der Waals surface area contributed by atoms with Crippen LogP contribution in [0.1, 0.15) is 0 Å². The molecule has 0 saturated carbocycles. The highest BCUT2D eigenvalue weighted by Gasteiger charge is 2.28. The van der Waals surface area contributed by atoms with Gasteiger partial charge in [0, 0.05) is 0 Å². The zero-order valence-electron chi connectivity index (χ0n) is 6.70. The predicted molar refractivity (Wildman–Crippen MR) is 47.5 cm³/mol. The number of aliphatic hydroxyl groups is 5. The highest BCUT2D eigenvalue weighted by molar-refractivity contribution is 8.93.